The number of pyridine rings is 4. The molecule has 0 amide bonds. The Labute approximate surface area is 278 Å². The van der Waals surface area contributed by atoms with Gasteiger partial charge in [-0.2, -0.15) is 0 Å². The summed E-state index contributed by atoms with van der Waals surface area (Å²) < 4.78 is 0. The Morgan fingerprint density at radius 1 is 0.396 bits per heavy atom. The van der Waals surface area contributed by atoms with Crippen LogP contribution >= 0.6 is 0 Å². The minimum absolute atomic E-state index is 0.745. The van der Waals surface area contributed by atoms with Gasteiger partial charge >= 0.3 is 0 Å². The van der Waals surface area contributed by atoms with Gasteiger partial charge < -0.3 is 11.5 Å². The van der Waals surface area contributed by atoms with E-state index in [-0.39, 0.29) is 0 Å². The molecule has 0 aliphatic rings. The quantitative estimate of drug-likeness (QED) is 0.193. The molecule has 8 rings (SSSR count). The van der Waals surface area contributed by atoms with Crippen molar-refractivity contribution in [3.05, 3.63) is 157 Å². The van der Waals surface area contributed by atoms with Gasteiger partial charge in [-0.3, -0.25) is 9.97 Å². The maximum absolute atomic E-state index is 5.27. The molecule has 0 aliphatic carbocycles. The van der Waals surface area contributed by atoms with Crippen molar-refractivity contribution in [3.63, 3.8) is 0 Å². The first kappa shape index (κ1) is 29.3. The molecular formula is C42H34N6+2. The number of aromatic nitrogens is 4. The van der Waals surface area contributed by atoms with Gasteiger partial charge in [-0.15, -0.1) is 0 Å². The van der Waals surface area contributed by atoms with E-state index in [1.54, 1.807) is 0 Å². The lowest BCUT2D eigenvalue weighted by atomic mass is 9.94. The Morgan fingerprint density at radius 3 is 1.17 bits per heavy atom. The van der Waals surface area contributed by atoms with Crippen LogP contribution in [0.15, 0.2) is 146 Å². The fourth-order valence-electron chi connectivity index (χ4n) is 6.34. The van der Waals surface area contributed by atoms with E-state index in [2.05, 4.69) is 121 Å². The number of hydrogen-bond donors (Lipinski definition) is 2. The van der Waals surface area contributed by atoms with Crippen molar-refractivity contribution in [2.24, 2.45) is 0 Å². The Hall–Kier alpha value is -6.08. The third kappa shape index (κ3) is 5.39. The smallest absolute Gasteiger partial charge is 0.0997 e. The number of nitrogens with zero attached hydrogens (tertiary/aromatic N) is 4. The highest BCUT2D eigenvalue weighted by molar-refractivity contribution is 6.05. The van der Waals surface area contributed by atoms with Gasteiger partial charge in [0.1, 0.15) is 0 Å². The van der Waals surface area contributed by atoms with Crippen LogP contribution in [0, 0.1) is 0 Å². The zero-order valence-electron chi connectivity index (χ0n) is 26.5. The largest absolute Gasteiger partial charge is 0.354 e. The first-order valence-electron chi connectivity index (χ1n) is 16.2. The van der Waals surface area contributed by atoms with E-state index >= 15 is 0 Å². The Morgan fingerprint density at radius 2 is 0.792 bits per heavy atom. The molecule has 0 saturated heterocycles. The minimum Gasteiger partial charge on any atom is -0.354 e. The number of fused-ring (bicyclic) bond motifs is 2. The summed E-state index contributed by atoms with van der Waals surface area (Å²) in [4.78, 5) is 20.4. The van der Waals surface area contributed by atoms with E-state index in [1.165, 1.54) is 11.1 Å². The van der Waals surface area contributed by atoms with Crippen LogP contribution in [0.1, 0.15) is 11.1 Å². The zero-order valence-corrected chi connectivity index (χ0v) is 26.5. The Kier molecular flexibility index (Phi) is 7.70. The first-order valence-corrected chi connectivity index (χ1v) is 16.2. The molecule has 0 radical (unpaired) electrons. The topological polar surface area (TPSA) is 107 Å². The minimum atomic E-state index is 0.745. The van der Waals surface area contributed by atoms with Gasteiger partial charge in [0.25, 0.3) is 0 Å². The number of benzene rings is 4. The molecular weight excluding hydrogens is 589 g/mol. The van der Waals surface area contributed by atoms with Crippen LogP contribution in [0.5, 0.6) is 0 Å². The summed E-state index contributed by atoms with van der Waals surface area (Å²) in [7, 11) is 0. The molecule has 0 saturated carbocycles. The molecule has 0 unspecified atom stereocenters. The lowest BCUT2D eigenvalue weighted by molar-refractivity contribution is -0.386. The molecule has 0 fully saturated rings. The molecule has 8 aromatic rings. The average molecular weight is 623 g/mol. The van der Waals surface area contributed by atoms with Gasteiger partial charge in [0, 0.05) is 56.5 Å². The van der Waals surface area contributed by atoms with E-state index < -0.39 is 0 Å². The van der Waals surface area contributed by atoms with Gasteiger partial charge in [-0.25, -0.2) is 9.97 Å². The summed E-state index contributed by atoms with van der Waals surface area (Å²) in [6, 6.07) is 46.3. The van der Waals surface area contributed by atoms with Gasteiger partial charge in [-0.1, -0.05) is 109 Å². The summed E-state index contributed by atoms with van der Waals surface area (Å²) in [5, 5.41) is 1.87. The van der Waals surface area contributed by atoms with Crippen LogP contribution in [-0.2, 0) is 13.1 Å². The molecule has 6 heteroatoms. The summed E-state index contributed by atoms with van der Waals surface area (Å²) in [5.41, 5.74) is 21.9. The predicted octanol–water partition coefficient (Wildman–Crippen LogP) is 7.39. The lowest BCUT2D eigenvalue weighted by Crippen LogP contribution is -2.47. The highest BCUT2D eigenvalue weighted by atomic mass is 14.8. The maximum atomic E-state index is 5.27. The number of quaternary nitrogens is 2. The normalized spacial score (nSPS) is 11.3. The molecule has 4 aromatic heterocycles. The summed E-state index contributed by atoms with van der Waals surface area (Å²) >= 11 is 0. The van der Waals surface area contributed by atoms with Gasteiger partial charge in [0.2, 0.25) is 0 Å². The molecule has 6 N–H and O–H groups in total. The van der Waals surface area contributed by atoms with E-state index in [0.29, 0.717) is 0 Å². The van der Waals surface area contributed by atoms with Crippen LogP contribution in [-0.4, -0.2) is 19.9 Å². The van der Waals surface area contributed by atoms with Gasteiger partial charge in [0.05, 0.1) is 46.9 Å². The van der Waals surface area contributed by atoms with Gasteiger partial charge in [0.15, 0.2) is 0 Å². The summed E-state index contributed by atoms with van der Waals surface area (Å²) in [6.45, 7) is 1.49. The second kappa shape index (κ2) is 12.6. The van der Waals surface area contributed by atoms with Crippen molar-refractivity contribution >= 4 is 21.8 Å². The molecule has 4 heterocycles. The van der Waals surface area contributed by atoms with Gasteiger partial charge in [-0.05, 0) is 35.4 Å². The molecule has 4 aromatic carbocycles. The molecule has 0 bridgehead atoms. The highest BCUT2D eigenvalue weighted by Gasteiger charge is 2.19. The fraction of sp³-hybridized carbons (Fsp3) is 0.0476. The average Bonchev–Trinajstić information content (AvgIpc) is 3.17. The lowest BCUT2D eigenvalue weighted by Gasteiger charge is -2.16. The SMILES string of the molecule is [NH3+]Cc1ccc(-c2nc3ccnc(-c4nccc5nc(-c6ccc(C[NH3+])cc6)c(-c6ccccc6)cc45)c3cc2-c2ccccc2)cc1. The summed E-state index contributed by atoms with van der Waals surface area (Å²) in [6.07, 6.45) is 3.65. The van der Waals surface area contributed by atoms with E-state index in [0.717, 1.165) is 91.1 Å². The van der Waals surface area contributed by atoms with Crippen molar-refractivity contribution < 1.29 is 11.5 Å². The van der Waals surface area contributed by atoms with E-state index in [9.17, 15) is 0 Å². The van der Waals surface area contributed by atoms with Crippen LogP contribution in [0.25, 0.3) is 78.0 Å². The maximum Gasteiger partial charge on any atom is 0.0997 e. The first-order chi connectivity index (χ1) is 23.7. The highest BCUT2D eigenvalue weighted by Crippen LogP contribution is 2.39. The fourth-order valence-corrected chi connectivity index (χ4v) is 6.34. The zero-order chi connectivity index (χ0) is 32.5. The number of hydrogen-bond acceptors (Lipinski definition) is 4. The molecule has 0 atom stereocenters. The third-order valence-electron chi connectivity index (χ3n) is 8.91. The molecule has 230 valence electrons. The van der Waals surface area contributed by atoms with Crippen molar-refractivity contribution in [3.8, 4) is 56.2 Å². The van der Waals surface area contributed by atoms with Crippen molar-refractivity contribution in [1.82, 2.24) is 19.9 Å². The summed E-state index contributed by atoms with van der Waals surface area (Å²) in [5.74, 6) is 0. The second-order valence-corrected chi connectivity index (χ2v) is 11.8. The van der Waals surface area contributed by atoms with E-state index in [4.69, 9.17) is 19.9 Å². The van der Waals surface area contributed by atoms with Crippen molar-refractivity contribution in [2.75, 3.05) is 0 Å². The monoisotopic (exact) mass is 622 g/mol. The van der Waals surface area contributed by atoms with Crippen LogP contribution in [0.4, 0.5) is 0 Å². The van der Waals surface area contributed by atoms with Crippen LogP contribution in [0.3, 0.4) is 0 Å². The molecule has 0 spiro atoms. The second-order valence-electron chi connectivity index (χ2n) is 11.8. The number of rotatable bonds is 7. The molecule has 6 nitrogen and oxygen atoms in total. The Bertz CT molecular complexity index is 2220. The van der Waals surface area contributed by atoms with Crippen molar-refractivity contribution in [2.45, 2.75) is 13.1 Å². The predicted molar refractivity (Wildman–Crippen MR) is 193 cm³/mol. The van der Waals surface area contributed by atoms with Crippen molar-refractivity contribution in [1.29, 1.82) is 0 Å². The molecule has 48 heavy (non-hydrogen) atoms. The molecule has 0 aliphatic heterocycles. The van der Waals surface area contributed by atoms with Crippen LogP contribution in [0.2, 0.25) is 0 Å². The van der Waals surface area contributed by atoms with E-state index in [1.807, 2.05) is 36.7 Å². The standard InChI is InChI=1S/C42H32N6/c43-25-27-11-15-31(16-12-27)39-33(29-7-3-1-4-8-29)23-35-37(47-39)19-21-45-41(35)42-36-24-34(30-9-5-2-6-10-30)40(48-38(36)20-22-46-42)32-17-13-28(26-44)14-18-32/h1-24H,25-26,43-44H2/p+2. The van der Waals surface area contributed by atoms with Crippen LogP contribution < -0.4 is 11.5 Å². The third-order valence-corrected chi connectivity index (χ3v) is 8.91. The Balaban J connectivity index is 1.37.